The molecule has 0 aliphatic heterocycles. The molecule has 0 aliphatic carbocycles. The van der Waals surface area contributed by atoms with Crippen molar-refractivity contribution in [1.29, 1.82) is 0 Å². The third kappa shape index (κ3) is 3.98. The van der Waals surface area contributed by atoms with Crippen LogP contribution in [0.15, 0.2) is 29.3 Å². The lowest BCUT2D eigenvalue weighted by Gasteiger charge is -2.23. The predicted octanol–water partition coefficient (Wildman–Crippen LogP) is 2.07. The van der Waals surface area contributed by atoms with Gasteiger partial charge in [-0.1, -0.05) is 12.1 Å². The minimum atomic E-state index is 0.00120. The Morgan fingerprint density at radius 3 is 2.70 bits per heavy atom. The molecule has 0 aliphatic rings. The second-order valence-electron chi connectivity index (χ2n) is 5.82. The quantitative estimate of drug-likeness (QED) is 0.592. The average molecular weight is 273 g/mol. The summed E-state index contributed by atoms with van der Waals surface area (Å²) in [5, 5.41) is 6.62. The number of H-pyrrole nitrogens is 1. The van der Waals surface area contributed by atoms with Gasteiger partial charge in [0.1, 0.15) is 5.82 Å². The van der Waals surface area contributed by atoms with Gasteiger partial charge in [-0.15, -0.1) is 0 Å². The molecule has 1 aromatic heterocycles. The smallest absolute Gasteiger partial charge is 0.191 e. The Bertz CT molecular complexity index is 559. The monoisotopic (exact) mass is 273 g/mol. The first-order valence-corrected chi connectivity index (χ1v) is 6.90. The zero-order valence-corrected chi connectivity index (χ0v) is 12.6. The molecule has 0 unspecified atom stereocenters. The molecular weight excluding hydrogens is 250 g/mol. The number of imidazole rings is 1. The van der Waals surface area contributed by atoms with Crippen LogP contribution in [0.4, 0.5) is 0 Å². The van der Waals surface area contributed by atoms with Crippen LogP contribution in [0, 0.1) is 0 Å². The number of nitrogens with zero attached hydrogens (tertiary/aromatic N) is 2. The van der Waals surface area contributed by atoms with E-state index in [0.717, 1.165) is 35.8 Å². The van der Waals surface area contributed by atoms with Gasteiger partial charge >= 0.3 is 0 Å². The summed E-state index contributed by atoms with van der Waals surface area (Å²) in [7, 11) is 1.78. The van der Waals surface area contributed by atoms with Gasteiger partial charge in [0, 0.05) is 25.6 Å². The van der Waals surface area contributed by atoms with E-state index >= 15 is 0 Å². The highest BCUT2D eigenvalue weighted by Gasteiger charge is 2.11. The summed E-state index contributed by atoms with van der Waals surface area (Å²) in [5.41, 5.74) is 2.10. The van der Waals surface area contributed by atoms with Crippen LogP contribution in [0.2, 0.25) is 0 Å². The first-order chi connectivity index (χ1) is 9.48. The van der Waals surface area contributed by atoms with Crippen molar-refractivity contribution >= 4 is 17.0 Å². The topological polar surface area (TPSA) is 65.1 Å². The van der Waals surface area contributed by atoms with Gasteiger partial charge in [0.25, 0.3) is 0 Å². The van der Waals surface area contributed by atoms with Gasteiger partial charge in [0.05, 0.1) is 11.0 Å². The fourth-order valence-corrected chi connectivity index (χ4v) is 1.96. The molecule has 5 heteroatoms. The Balaban J connectivity index is 1.89. The number of guanidine groups is 1. The maximum Gasteiger partial charge on any atom is 0.191 e. The normalized spacial score (nSPS) is 12.7. The molecule has 3 N–H and O–H groups in total. The summed E-state index contributed by atoms with van der Waals surface area (Å²) < 4.78 is 0. The van der Waals surface area contributed by atoms with E-state index in [1.807, 2.05) is 24.3 Å². The van der Waals surface area contributed by atoms with Crippen LogP contribution in [0.25, 0.3) is 11.0 Å². The lowest BCUT2D eigenvalue weighted by atomic mass is 10.1. The highest BCUT2D eigenvalue weighted by Crippen LogP contribution is 2.10. The molecule has 5 nitrogen and oxygen atoms in total. The molecule has 2 aromatic rings. The van der Waals surface area contributed by atoms with Gasteiger partial charge in [-0.05, 0) is 32.9 Å². The molecule has 108 valence electrons. The highest BCUT2D eigenvalue weighted by atomic mass is 15.2. The maximum atomic E-state index is 4.55. The summed E-state index contributed by atoms with van der Waals surface area (Å²) in [6.07, 6.45) is 0.833. The molecule has 0 spiro atoms. The number of rotatable bonds is 3. The van der Waals surface area contributed by atoms with Gasteiger partial charge < -0.3 is 15.6 Å². The van der Waals surface area contributed by atoms with Crippen LogP contribution in [0.1, 0.15) is 26.6 Å². The number of hydrogen-bond donors (Lipinski definition) is 3. The summed E-state index contributed by atoms with van der Waals surface area (Å²) in [5.74, 6) is 1.80. The van der Waals surface area contributed by atoms with E-state index in [1.54, 1.807) is 7.05 Å². The highest BCUT2D eigenvalue weighted by molar-refractivity contribution is 5.80. The molecule has 2 rings (SSSR count). The zero-order valence-electron chi connectivity index (χ0n) is 12.6. The number of aliphatic imine (C=N–C) groups is 1. The fourth-order valence-electron chi connectivity index (χ4n) is 1.96. The van der Waals surface area contributed by atoms with Crippen molar-refractivity contribution in [2.24, 2.45) is 4.99 Å². The Hall–Kier alpha value is -2.04. The maximum absolute atomic E-state index is 4.55. The van der Waals surface area contributed by atoms with Crippen molar-refractivity contribution in [3.05, 3.63) is 30.1 Å². The lowest BCUT2D eigenvalue weighted by Crippen LogP contribution is -2.48. The van der Waals surface area contributed by atoms with Gasteiger partial charge in [0.2, 0.25) is 0 Å². The van der Waals surface area contributed by atoms with Gasteiger partial charge in [0.15, 0.2) is 5.96 Å². The van der Waals surface area contributed by atoms with E-state index in [2.05, 4.69) is 46.4 Å². The summed E-state index contributed by atoms with van der Waals surface area (Å²) in [4.78, 5) is 12.1. The van der Waals surface area contributed by atoms with E-state index in [1.165, 1.54) is 0 Å². The third-order valence-electron chi connectivity index (χ3n) is 2.81. The van der Waals surface area contributed by atoms with E-state index < -0.39 is 0 Å². The number of hydrogen-bond acceptors (Lipinski definition) is 2. The standard InChI is InChI=1S/C15H23N5/c1-15(2,3)20-14(16-4)17-10-9-13-18-11-7-5-6-8-12(11)19-13/h5-8H,9-10H2,1-4H3,(H,18,19)(H2,16,17,20). The Morgan fingerprint density at radius 2 is 2.05 bits per heavy atom. The number of benzene rings is 1. The molecule has 1 aromatic carbocycles. The third-order valence-corrected chi connectivity index (χ3v) is 2.81. The Labute approximate surface area is 119 Å². The molecule has 0 saturated carbocycles. The predicted molar refractivity (Wildman–Crippen MR) is 84.0 cm³/mol. The molecule has 0 radical (unpaired) electrons. The largest absolute Gasteiger partial charge is 0.356 e. The lowest BCUT2D eigenvalue weighted by molar-refractivity contribution is 0.501. The van der Waals surface area contributed by atoms with Gasteiger partial charge in [-0.3, -0.25) is 4.99 Å². The minimum Gasteiger partial charge on any atom is -0.356 e. The van der Waals surface area contributed by atoms with Crippen LogP contribution >= 0.6 is 0 Å². The van der Waals surface area contributed by atoms with Crippen molar-refractivity contribution < 1.29 is 0 Å². The van der Waals surface area contributed by atoms with Crippen LogP contribution in [-0.4, -0.2) is 35.1 Å². The first kappa shape index (κ1) is 14.4. The first-order valence-electron chi connectivity index (χ1n) is 6.90. The molecular formula is C15H23N5. The molecule has 20 heavy (non-hydrogen) atoms. The number of nitrogens with one attached hydrogen (secondary N) is 3. The van der Waals surface area contributed by atoms with Crippen molar-refractivity contribution in [3.8, 4) is 0 Å². The van der Waals surface area contributed by atoms with E-state index in [-0.39, 0.29) is 5.54 Å². The summed E-state index contributed by atoms with van der Waals surface area (Å²) >= 11 is 0. The second kappa shape index (κ2) is 5.94. The molecule has 0 bridgehead atoms. The summed E-state index contributed by atoms with van der Waals surface area (Å²) in [6.45, 7) is 7.12. The molecule has 1 heterocycles. The van der Waals surface area contributed by atoms with Crippen LogP contribution in [0.5, 0.6) is 0 Å². The van der Waals surface area contributed by atoms with Crippen molar-refractivity contribution in [2.45, 2.75) is 32.7 Å². The Morgan fingerprint density at radius 1 is 1.30 bits per heavy atom. The van der Waals surface area contributed by atoms with Crippen molar-refractivity contribution in [1.82, 2.24) is 20.6 Å². The van der Waals surface area contributed by atoms with Crippen LogP contribution < -0.4 is 10.6 Å². The number of aromatic amines is 1. The van der Waals surface area contributed by atoms with Gasteiger partial charge in [-0.2, -0.15) is 0 Å². The van der Waals surface area contributed by atoms with E-state index in [0.29, 0.717) is 0 Å². The molecule has 0 fully saturated rings. The minimum absolute atomic E-state index is 0.00120. The molecule has 0 atom stereocenters. The van der Waals surface area contributed by atoms with Crippen LogP contribution in [-0.2, 0) is 6.42 Å². The second-order valence-corrected chi connectivity index (χ2v) is 5.82. The molecule has 0 saturated heterocycles. The van der Waals surface area contributed by atoms with Crippen LogP contribution in [0.3, 0.4) is 0 Å². The van der Waals surface area contributed by atoms with E-state index in [4.69, 9.17) is 0 Å². The fraction of sp³-hybridized carbons (Fsp3) is 0.467. The Kier molecular flexibility index (Phi) is 4.27. The SMILES string of the molecule is CN=C(NCCc1nc2ccccc2[nH]1)NC(C)(C)C. The van der Waals surface area contributed by atoms with Crippen molar-refractivity contribution in [2.75, 3.05) is 13.6 Å². The van der Waals surface area contributed by atoms with Gasteiger partial charge in [-0.25, -0.2) is 4.98 Å². The average Bonchev–Trinajstić information content (AvgIpc) is 2.78. The zero-order chi connectivity index (χ0) is 14.6. The summed E-state index contributed by atoms with van der Waals surface area (Å²) in [6, 6.07) is 8.07. The molecule has 0 amide bonds. The van der Waals surface area contributed by atoms with E-state index in [9.17, 15) is 0 Å². The number of aromatic nitrogens is 2. The number of para-hydroxylation sites is 2. The number of fused-ring (bicyclic) bond motifs is 1. The van der Waals surface area contributed by atoms with Crippen molar-refractivity contribution in [3.63, 3.8) is 0 Å².